The SMILES string of the molecule is CC1CCC2SC1CCC2C. The van der Waals surface area contributed by atoms with E-state index in [1.807, 2.05) is 0 Å². The maximum atomic E-state index is 2.43. The third-order valence-electron chi connectivity index (χ3n) is 3.43. The number of thioether (sulfide) groups is 1. The van der Waals surface area contributed by atoms with Gasteiger partial charge in [-0.3, -0.25) is 0 Å². The zero-order valence-electron chi connectivity index (χ0n) is 7.55. The van der Waals surface area contributed by atoms with Crippen LogP contribution in [0.4, 0.5) is 0 Å². The van der Waals surface area contributed by atoms with Crippen molar-refractivity contribution in [1.82, 2.24) is 0 Å². The van der Waals surface area contributed by atoms with Crippen LogP contribution in [0.2, 0.25) is 0 Å². The smallest absolute Gasteiger partial charge is 0.00756 e. The van der Waals surface area contributed by atoms with Gasteiger partial charge in [0.2, 0.25) is 0 Å². The molecule has 1 heteroatoms. The van der Waals surface area contributed by atoms with Gasteiger partial charge in [0.05, 0.1) is 0 Å². The summed E-state index contributed by atoms with van der Waals surface area (Å²) in [6, 6.07) is 0. The van der Waals surface area contributed by atoms with E-state index in [9.17, 15) is 0 Å². The largest absolute Gasteiger partial charge is 0.155 e. The molecular weight excluding hydrogens is 152 g/mol. The van der Waals surface area contributed by atoms with Gasteiger partial charge in [0, 0.05) is 10.5 Å². The van der Waals surface area contributed by atoms with Gasteiger partial charge in [-0.2, -0.15) is 11.8 Å². The van der Waals surface area contributed by atoms with E-state index in [2.05, 4.69) is 25.6 Å². The van der Waals surface area contributed by atoms with Crippen LogP contribution in [0.1, 0.15) is 39.5 Å². The average Bonchev–Trinajstić information content (AvgIpc) is 2.02. The highest BCUT2D eigenvalue weighted by atomic mass is 32.2. The number of hydrogen-bond donors (Lipinski definition) is 0. The summed E-state index contributed by atoms with van der Waals surface area (Å²) in [6.45, 7) is 4.87. The minimum absolute atomic E-state index is 1.00. The normalized spacial score (nSPS) is 50.7. The predicted molar refractivity (Wildman–Crippen MR) is 52.0 cm³/mol. The molecule has 2 saturated heterocycles. The van der Waals surface area contributed by atoms with Crippen LogP contribution >= 0.6 is 11.8 Å². The van der Waals surface area contributed by atoms with E-state index in [0.29, 0.717) is 0 Å². The number of hydrogen-bond acceptors (Lipinski definition) is 1. The Hall–Kier alpha value is 0.350. The molecule has 2 heterocycles. The molecule has 0 nitrogen and oxygen atoms in total. The van der Waals surface area contributed by atoms with E-state index >= 15 is 0 Å². The fourth-order valence-corrected chi connectivity index (χ4v) is 4.23. The first-order chi connectivity index (χ1) is 5.27. The molecule has 0 radical (unpaired) electrons. The lowest BCUT2D eigenvalue weighted by molar-refractivity contribution is 0.336. The molecular formula is C10H18S. The van der Waals surface area contributed by atoms with Crippen LogP contribution in [0.3, 0.4) is 0 Å². The Balaban J connectivity index is 2.02. The average molecular weight is 170 g/mol. The van der Waals surface area contributed by atoms with Gasteiger partial charge < -0.3 is 0 Å². The van der Waals surface area contributed by atoms with Crippen LogP contribution < -0.4 is 0 Å². The van der Waals surface area contributed by atoms with Gasteiger partial charge >= 0.3 is 0 Å². The van der Waals surface area contributed by atoms with Gasteiger partial charge in [-0.15, -0.1) is 0 Å². The standard InChI is InChI=1S/C10H18S/c1-7-3-5-10-8(2)4-6-9(7)11-10/h7-10H,3-6H2,1-2H3. The molecule has 2 rings (SSSR count). The molecule has 2 bridgehead atoms. The van der Waals surface area contributed by atoms with Crippen molar-refractivity contribution in [3.05, 3.63) is 0 Å². The van der Waals surface area contributed by atoms with Crippen molar-refractivity contribution in [3.63, 3.8) is 0 Å². The Kier molecular flexibility index (Phi) is 2.18. The molecule has 0 aromatic carbocycles. The zero-order valence-corrected chi connectivity index (χ0v) is 8.36. The molecule has 4 unspecified atom stereocenters. The lowest BCUT2D eigenvalue weighted by Crippen LogP contribution is -2.34. The van der Waals surface area contributed by atoms with Gasteiger partial charge in [-0.25, -0.2) is 0 Å². The highest BCUT2D eigenvalue weighted by Crippen LogP contribution is 2.46. The lowest BCUT2D eigenvalue weighted by atomic mass is 9.86. The minimum Gasteiger partial charge on any atom is -0.155 e. The molecule has 11 heavy (non-hydrogen) atoms. The maximum Gasteiger partial charge on any atom is 0.00756 e. The molecule has 4 atom stereocenters. The molecule has 0 aromatic rings. The molecule has 2 aliphatic rings. The second-order valence-corrected chi connectivity index (χ2v) is 5.81. The van der Waals surface area contributed by atoms with Crippen LogP contribution in [0.5, 0.6) is 0 Å². The van der Waals surface area contributed by atoms with Crippen LogP contribution in [0.15, 0.2) is 0 Å². The molecule has 2 aliphatic heterocycles. The molecule has 0 saturated carbocycles. The van der Waals surface area contributed by atoms with Crippen molar-refractivity contribution >= 4 is 11.8 Å². The summed E-state index contributed by atoms with van der Waals surface area (Å²) < 4.78 is 0. The van der Waals surface area contributed by atoms with Crippen LogP contribution in [0, 0.1) is 11.8 Å². The van der Waals surface area contributed by atoms with E-state index in [-0.39, 0.29) is 0 Å². The van der Waals surface area contributed by atoms with E-state index in [4.69, 9.17) is 0 Å². The second kappa shape index (κ2) is 3.01. The minimum atomic E-state index is 1.00. The second-order valence-electron chi connectivity index (χ2n) is 4.32. The highest BCUT2D eigenvalue weighted by molar-refractivity contribution is 8.00. The van der Waals surface area contributed by atoms with E-state index in [1.54, 1.807) is 0 Å². The first-order valence-electron chi connectivity index (χ1n) is 4.93. The van der Waals surface area contributed by atoms with Gasteiger partial charge in [0.25, 0.3) is 0 Å². The van der Waals surface area contributed by atoms with Crippen molar-refractivity contribution in [1.29, 1.82) is 0 Å². The summed E-state index contributed by atoms with van der Waals surface area (Å²) in [7, 11) is 0. The van der Waals surface area contributed by atoms with Crippen LogP contribution in [0.25, 0.3) is 0 Å². The van der Waals surface area contributed by atoms with Gasteiger partial charge in [-0.1, -0.05) is 13.8 Å². The van der Waals surface area contributed by atoms with Crippen molar-refractivity contribution in [2.24, 2.45) is 11.8 Å². The summed E-state index contributed by atoms with van der Waals surface area (Å²) in [5.41, 5.74) is 0. The van der Waals surface area contributed by atoms with Crippen molar-refractivity contribution < 1.29 is 0 Å². The Morgan fingerprint density at radius 1 is 0.818 bits per heavy atom. The molecule has 0 aliphatic carbocycles. The molecule has 0 amide bonds. The Labute approximate surface area is 74.1 Å². The first-order valence-corrected chi connectivity index (χ1v) is 5.87. The van der Waals surface area contributed by atoms with Gasteiger partial charge in [0.1, 0.15) is 0 Å². The maximum absolute atomic E-state index is 2.43. The molecule has 0 aromatic heterocycles. The van der Waals surface area contributed by atoms with E-state index in [1.165, 1.54) is 25.7 Å². The van der Waals surface area contributed by atoms with Crippen LogP contribution in [-0.4, -0.2) is 10.5 Å². The number of rotatable bonds is 0. The number of fused-ring (bicyclic) bond motifs is 2. The first kappa shape index (κ1) is 7.97. The Morgan fingerprint density at radius 3 is 1.73 bits per heavy atom. The van der Waals surface area contributed by atoms with E-state index in [0.717, 1.165) is 22.3 Å². The van der Waals surface area contributed by atoms with Gasteiger partial charge in [0.15, 0.2) is 0 Å². The molecule has 2 fully saturated rings. The molecule has 64 valence electrons. The highest BCUT2D eigenvalue weighted by Gasteiger charge is 2.35. The van der Waals surface area contributed by atoms with Gasteiger partial charge in [-0.05, 0) is 37.5 Å². The third kappa shape index (κ3) is 1.44. The summed E-state index contributed by atoms with van der Waals surface area (Å²) in [6.07, 6.45) is 5.96. The summed E-state index contributed by atoms with van der Waals surface area (Å²) in [5, 5.41) is 2.04. The van der Waals surface area contributed by atoms with Crippen molar-refractivity contribution in [2.45, 2.75) is 50.0 Å². The summed E-state index contributed by atoms with van der Waals surface area (Å²) >= 11 is 2.29. The monoisotopic (exact) mass is 170 g/mol. The quantitative estimate of drug-likeness (QED) is 0.537. The lowest BCUT2D eigenvalue weighted by Gasteiger charge is -2.41. The molecule has 0 N–H and O–H groups in total. The topological polar surface area (TPSA) is 0 Å². The summed E-state index contributed by atoms with van der Waals surface area (Å²) in [4.78, 5) is 0. The zero-order chi connectivity index (χ0) is 7.84. The van der Waals surface area contributed by atoms with Crippen molar-refractivity contribution in [2.75, 3.05) is 0 Å². The fourth-order valence-electron chi connectivity index (χ4n) is 2.42. The summed E-state index contributed by atoms with van der Waals surface area (Å²) in [5.74, 6) is 2.01. The molecule has 0 spiro atoms. The Bertz CT molecular complexity index is 128. The van der Waals surface area contributed by atoms with Crippen molar-refractivity contribution in [3.8, 4) is 0 Å². The van der Waals surface area contributed by atoms with E-state index < -0.39 is 0 Å². The third-order valence-corrected chi connectivity index (χ3v) is 5.53. The predicted octanol–water partition coefficient (Wildman–Crippen LogP) is 3.32. The van der Waals surface area contributed by atoms with Crippen LogP contribution in [-0.2, 0) is 0 Å². The fraction of sp³-hybridized carbons (Fsp3) is 1.00. The Morgan fingerprint density at radius 2 is 1.27 bits per heavy atom.